The molecular weight excluding hydrogens is 436 g/mol. The zero-order chi connectivity index (χ0) is 24.7. The number of benzene rings is 3. The maximum Gasteiger partial charge on any atom is 0.272 e. The molecule has 1 atom stereocenters. The summed E-state index contributed by atoms with van der Waals surface area (Å²) in [4.78, 5) is 35.6. The molecule has 0 saturated heterocycles. The number of aryl methyl sites for hydroxylation is 1. The minimum atomic E-state index is -0.836. The Labute approximate surface area is 197 Å². The molecule has 9 heteroatoms. The molecule has 0 aliphatic rings. The number of ether oxygens (including phenoxy) is 1. The number of nitro groups is 1. The number of nitro benzene ring substituents is 1. The van der Waals surface area contributed by atoms with E-state index < -0.39 is 22.8 Å². The molecule has 176 valence electrons. The molecule has 0 radical (unpaired) electrons. The van der Waals surface area contributed by atoms with Crippen molar-refractivity contribution in [1.29, 1.82) is 0 Å². The molecule has 3 aromatic rings. The Bertz CT molecular complexity index is 1240. The van der Waals surface area contributed by atoms with Crippen LogP contribution in [0.2, 0.25) is 0 Å². The lowest BCUT2D eigenvalue weighted by Crippen LogP contribution is -2.49. The molecule has 2 amide bonds. The molecular formula is C25H26N4O5. The molecule has 0 spiro atoms. The fraction of sp³-hybridized carbons (Fsp3) is 0.240. The van der Waals surface area contributed by atoms with Gasteiger partial charge >= 0.3 is 0 Å². The first kappa shape index (κ1) is 24.4. The second kappa shape index (κ2) is 11.0. The van der Waals surface area contributed by atoms with Crippen LogP contribution in [-0.4, -0.2) is 35.6 Å². The van der Waals surface area contributed by atoms with Crippen molar-refractivity contribution in [3.8, 4) is 5.75 Å². The Morgan fingerprint density at radius 2 is 1.82 bits per heavy atom. The Morgan fingerprint density at radius 3 is 2.53 bits per heavy atom. The number of carbonyl (C=O) groups excluding carboxylic acids is 2. The Kier molecular flexibility index (Phi) is 7.92. The van der Waals surface area contributed by atoms with E-state index in [-0.39, 0.29) is 18.2 Å². The summed E-state index contributed by atoms with van der Waals surface area (Å²) < 4.78 is 5.59. The van der Waals surface area contributed by atoms with Gasteiger partial charge in [-0.2, -0.15) is 5.10 Å². The highest BCUT2D eigenvalue weighted by atomic mass is 16.6. The summed E-state index contributed by atoms with van der Waals surface area (Å²) in [5, 5.41) is 19.7. The Morgan fingerprint density at radius 1 is 1.09 bits per heavy atom. The van der Waals surface area contributed by atoms with Crippen LogP contribution in [0.4, 0.5) is 5.69 Å². The van der Waals surface area contributed by atoms with Crippen LogP contribution < -0.4 is 15.5 Å². The Hall–Kier alpha value is -4.27. The summed E-state index contributed by atoms with van der Waals surface area (Å²) in [5.41, 5.74) is 3.34. The molecule has 9 nitrogen and oxygen atoms in total. The summed E-state index contributed by atoms with van der Waals surface area (Å²) in [7, 11) is 0. The van der Waals surface area contributed by atoms with Crippen LogP contribution in [-0.2, 0) is 9.59 Å². The van der Waals surface area contributed by atoms with Crippen molar-refractivity contribution in [2.24, 2.45) is 11.0 Å². The van der Waals surface area contributed by atoms with Crippen LogP contribution in [0.5, 0.6) is 5.75 Å². The number of hydrogen-bond donors (Lipinski definition) is 2. The van der Waals surface area contributed by atoms with Crippen LogP contribution in [0.25, 0.3) is 10.8 Å². The van der Waals surface area contributed by atoms with E-state index >= 15 is 0 Å². The van der Waals surface area contributed by atoms with Gasteiger partial charge in [-0.15, -0.1) is 0 Å². The smallest absolute Gasteiger partial charge is 0.272 e. The first-order valence-corrected chi connectivity index (χ1v) is 10.7. The van der Waals surface area contributed by atoms with Crippen molar-refractivity contribution < 1.29 is 19.2 Å². The predicted octanol–water partition coefficient (Wildman–Crippen LogP) is 3.73. The number of fused-ring (bicyclic) bond motifs is 1. The number of amides is 2. The average molecular weight is 463 g/mol. The molecule has 3 rings (SSSR count). The fourth-order valence-corrected chi connectivity index (χ4v) is 3.30. The molecule has 2 N–H and O–H groups in total. The van der Waals surface area contributed by atoms with Crippen LogP contribution in [0.3, 0.4) is 0 Å². The van der Waals surface area contributed by atoms with Gasteiger partial charge < -0.3 is 10.1 Å². The van der Waals surface area contributed by atoms with Gasteiger partial charge in [0.25, 0.3) is 17.5 Å². The molecule has 1 unspecified atom stereocenters. The molecule has 0 heterocycles. The van der Waals surface area contributed by atoms with E-state index in [0.29, 0.717) is 16.9 Å². The van der Waals surface area contributed by atoms with Crippen molar-refractivity contribution in [2.45, 2.75) is 26.8 Å². The first-order chi connectivity index (χ1) is 16.2. The van der Waals surface area contributed by atoms with E-state index in [0.717, 1.165) is 10.8 Å². The molecule has 0 aliphatic heterocycles. The summed E-state index contributed by atoms with van der Waals surface area (Å²) in [6.45, 7) is 4.98. The Balaban J connectivity index is 1.56. The van der Waals surface area contributed by atoms with E-state index in [1.54, 1.807) is 39.0 Å². The second-order valence-corrected chi connectivity index (χ2v) is 8.12. The van der Waals surface area contributed by atoms with Crippen LogP contribution >= 0.6 is 0 Å². The highest BCUT2D eigenvalue weighted by Crippen LogP contribution is 2.20. The lowest BCUT2D eigenvalue weighted by atomic mass is 10.0. The van der Waals surface area contributed by atoms with Gasteiger partial charge in [-0.1, -0.05) is 56.3 Å². The highest BCUT2D eigenvalue weighted by molar-refractivity contribution is 5.89. The summed E-state index contributed by atoms with van der Waals surface area (Å²) in [6, 6.07) is 17.2. The van der Waals surface area contributed by atoms with Crippen LogP contribution in [0, 0.1) is 23.0 Å². The minimum Gasteiger partial charge on any atom is -0.484 e. The van der Waals surface area contributed by atoms with Gasteiger partial charge in [0.05, 0.1) is 11.1 Å². The summed E-state index contributed by atoms with van der Waals surface area (Å²) in [5.74, 6) is -0.608. The zero-order valence-electron chi connectivity index (χ0n) is 19.1. The summed E-state index contributed by atoms with van der Waals surface area (Å²) in [6.07, 6.45) is 1.31. The van der Waals surface area contributed by atoms with E-state index in [4.69, 9.17) is 4.74 Å². The number of carbonyl (C=O) groups is 2. The SMILES string of the molecule is Cc1ccc(/C=N/NC(=O)C(NC(=O)COc2ccc3ccccc3c2)C(C)C)cc1[N+](=O)[O-]. The van der Waals surface area contributed by atoms with Gasteiger partial charge in [-0.3, -0.25) is 19.7 Å². The van der Waals surface area contributed by atoms with E-state index in [1.807, 2.05) is 36.4 Å². The fourth-order valence-electron chi connectivity index (χ4n) is 3.30. The van der Waals surface area contributed by atoms with Gasteiger partial charge in [0, 0.05) is 17.2 Å². The van der Waals surface area contributed by atoms with Crippen LogP contribution in [0.15, 0.2) is 65.8 Å². The van der Waals surface area contributed by atoms with Crippen molar-refractivity contribution in [2.75, 3.05) is 6.61 Å². The second-order valence-electron chi connectivity index (χ2n) is 8.12. The maximum atomic E-state index is 12.6. The molecule has 0 fully saturated rings. The van der Waals surface area contributed by atoms with Gasteiger partial charge in [0.1, 0.15) is 11.8 Å². The van der Waals surface area contributed by atoms with Crippen LogP contribution in [0.1, 0.15) is 25.0 Å². The van der Waals surface area contributed by atoms with Gasteiger partial charge in [-0.05, 0) is 35.7 Å². The average Bonchev–Trinajstić information content (AvgIpc) is 2.81. The molecule has 0 aromatic heterocycles. The maximum absolute atomic E-state index is 12.6. The monoisotopic (exact) mass is 462 g/mol. The van der Waals surface area contributed by atoms with Gasteiger partial charge in [0.15, 0.2) is 6.61 Å². The number of nitrogens with one attached hydrogen (secondary N) is 2. The van der Waals surface area contributed by atoms with E-state index in [2.05, 4.69) is 15.8 Å². The number of hydrazone groups is 1. The van der Waals surface area contributed by atoms with Crippen molar-refractivity contribution in [1.82, 2.24) is 10.7 Å². The summed E-state index contributed by atoms with van der Waals surface area (Å²) >= 11 is 0. The van der Waals surface area contributed by atoms with E-state index in [1.165, 1.54) is 12.3 Å². The van der Waals surface area contributed by atoms with Gasteiger partial charge in [-0.25, -0.2) is 5.43 Å². The number of nitrogens with zero attached hydrogens (tertiary/aromatic N) is 2. The highest BCUT2D eigenvalue weighted by Gasteiger charge is 2.24. The number of hydrogen-bond acceptors (Lipinski definition) is 6. The normalized spacial score (nSPS) is 12.0. The molecule has 3 aromatic carbocycles. The standard InChI is InChI=1S/C25H26N4O5/c1-16(2)24(25(31)28-26-14-18-9-8-17(3)22(12-18)29(32)33)27-23(30)15-34-21-11-10-19-6-4-5-7-20(19)13-21/h4-14,16,24H,15H2,1-3H3,(H,27,30)(H,28,31)/b26-14+. The first-order valence-electron chi connectivity index (χ1n) is 10.7. The van der Waals surface area contributed by atoms with Crippen molar-refractivity contribution in [3.05, 3.63) is 81.9 Å². The van der Waals surface area contributed by atoms with E-state index in [9.17, 15) is 19.7 Å². The quantitative estimate of drug-likeness (QED) is 0.285. The largest absolute Gasteiger partial charge is 0.484 e. The van der Waals surface area contributed by atoms with Crippen molar-refractivity contribution in [3.63, 3.8) is 0 Å². The third-order valence-corrected chi connectivity index (χ3v) is 5.17. The molecule has 0 saturated carbocycles. The van der Waals surface area contributed by atoms with Gasteiger partial charge in [0.2, 0.25) is 0 Å². The molecule has 0 aliphatic carbocycles. The topological polar surface area (TPSA) is 123 Å². The lowest BCUT2D eigenvalue weighted by Gasteiger charge is -2.20. The molecule has 34 heavy (non-hydrogen) atoms. The third kappa shape index (κ3) is 6.38. The van der Waals surface area contributed by atoms with Crippen molar-refractivity contribution >= 4 is 34.5 Å². The minimum absolute atomic E-state index is 0.0333. The number of rotatable bonds is 9. The third-order valence-electron chi connectivity index (χ3n) is 5.17. The lowest BCUT2D eigenvalue weighted by molar-refractivity contribution is -0.385. The zero-order valence-corrected chi connectivity index (χ0v) is 19.1. The predicted molar refractivity (Wildman–Crippen MR) is 130 cm³/mol. The molecule has 0 bridgehead atoms.